The van der Waals surface area contributed by atoms with Crippen molar-refractivity contribution in [1.82, 2.24) is 0 Å². The van der Waals surface area contributed by atoms with Gasteiger partial charge in [0.05, 0.1) is 0 Å². The van der Waals surface area contributed by atoms with Crippen molar-refractivity contribution < 1.29 is 28.6 Å². The molecule has 0 amide bonds. The second-order valence-electron chi connectivity index (χ2n) is 14.2. The Morgan fingerprint density at radius 3 is 1.31 bits per heavy atom. The molecule has 0 aromatic rings. The fraction of sp³-hybridized carbons (Fsp3) is 0.688. The average Bonchev–Trinajstić information content (AvgIpc) is 3.17. The molecule has 6 nitrogen and oxygen atoms in total. The van der Waals surface area contributed by atoms with Gasteiger partial charge in [0, 0.05) is 19.3 Å². The third kappa shape index (κ3) is 40.0. The van der Waals surface area contributed by atoms with Crippen molar-refractivity contribution in [2.75, 3.05) is 13.2 Å². The van der Waals surface area contributed by atoms with Crippen LogP contribution in [-0.4, -0.2) is 37.2 Å². The molecule has 308 valence electrons. The average molecular weight is 753 g/mol. The van der Waals surface area contributed by atoms with E-state index in [0.29, 0.717) is 25.7 Å². The third-order valence-electron chi connectivity index (χ3n) is 8.93. The molecule has 0 saturated heterocycles. The SMILES string of the molecule is CC/C=C\C/C=C\C/C=C\CCCCCCC(=O)OCC(COC(=O)CCC/C=C\CCCCCC)OC(=O)CC/C=C\C/C=C\CCCCCCCC. The molecule has 0 heterocycles. The van der Waals surface area contributed by atoms with E-state index in [1.807, 2.05) is 6.08 Å². The van der Waals surface area contributed by atoms with Gasteiger partial charge in [-0.15, -0.1) is 0 Å². The summed E-state index contributed by atoms with van der Waals surface area (Å²) in [6, 6.07) is 0. The smallest absolute Gasteiger partial charge is 0.306 e. The highest BCUT2D eigenvalue weighted by molar-refractivity contribution is 5.71. The maximum Gasteiger partial charge on any atom is 0.306 e. The molecule has 1 unspecified atom stereocenters. The molecule has 0 N–H and O–H groups in total. The lowest BCUT2D eigenvalue weighted by Gasteiger charge is -2.18. The molecule has 0 rings (SSSR count). The van der Waals surface area contributed by atoms with Gasteiger partial charge in [-0.05, 0) is 89.9 Å². The molecule has 0 aliphatic rings. The lowest BCUT2D eigenvalue weighted by Crippen LogP contribution is -2.30. The number of esters is 3. The summed E-state index contributed by atoms with van der Waals surface area (Å²) in [6.07, 6.45) is 51.9. The van der Waals surface area contributed by atoms with E-state index in [0.717, 1.165) is 77.0 Å². The van der Waals surface area contributed by atoms with E-state index in [4.69, 9.17) is 14.2 Å². The first-order valence-corrected chi connectivity index (χ1v) is 21.9. The molecule has 0 aromatic carbocycles. The first-order chi connectivity index (χ1) is 26.5. The van der Waals surface area contributed by atoms with Crippen LogP contribution in [0.25, 0.3) is 0 Å². The maximum absolute atomic E-state index is 12.6. The number of unbranched alkanes of at least 4 members (excludes halogenated alkanes) is 15. The van der Waals surface area contributed by atoms with Crippen molar-refractivity contribution >= 4 is 17.9 Å². The predicted molar refractivity (Wildman–Crippen MR) is 228 cm³/mol. The van der Waals surface area contributed by atoms with E-state index >= 15 is 0 Å². The van der Waals surface area contributed by atoms with Crippen LogP contribution in [0.5, 0.6) is 0 Å². The van der Waals surface area contributed by atoms with Gasteiger partial charge in [-0.3, -0.25) is 14.4 Å². The summed E-state index contributed by atoms with van der Waals surface area (Å²) in [6.45, 7) is 6.36. The molecule has 0 spiro atoms. The molecule has 54 heavy (non-hydrogen) atoms. The van der Waals surface area contributed by atoms with E-state index in [2.05, 4.69) is 87.6 Å². The minimum Gasteiger partial charge on any atom is -0.462 e. The summed E-state index contributed by atoms with van der Waals surface area (Å²) in [5.74, 6) is -1.05. The van der Waals surface area contributed by atoms with E-state index in [-0.39, 0.29) is 31.6 Å². The van der Waals surface area contributed by atoms with Gasteiger partial charge in [-0.1, -0.05) is 158 Å². The largest absolute Gasteiger partial charge is 0.462 e. The second-order valence-corrected chi connectivity index (χ2v) is 14.2. The molecular weight excluding hydrogens is 673 g/mol. The van der Waals surface area contributed by atoms with Crippen LogP contribution >= 0.6 is 0 Å². The lowest BCUT2D eigenvalue weighted by molar-refractivity contribution is -0.166. The number of carbonyl (C=O) groups excluding carboxylic acids is 3. The Bertz CT molecular complexity index is 1050. The Balaban J connectivity index is 4.52. The van der Waals surface area contributed by atoms with Crippen molar-refractivity contribution in [3.8, 4) is 0 Å². The van der Waals surface area contributed by atoms with Gasteiger partial charge in [0.2, 0.25) is 0 Å². The zero-order chi connectivity index (χ0) is 39.4. The van der Waals surface area contributed by atoms with Gasteiger partial charge < -0.3 is 14.2 Å². The number of allylic oxidation sites excluding steroid dienone is 12. The highest BCUT2D eigenvalue weighted by atomic mass is 16.6. The Morgan fingerprint density at radius 1 is 0.389 bits per heavy atom. The monoisotopic (exact) mass is 753 g/mol. The van der Waals surface area contributed by atoms with Crippen molar-refractivity contribution in [2.24, 2.45) is 0 Å². The summed E-state index contributed by atoms with van der Waals surface area (Å²) in [4.78, 5) is 37.6. The number of carbonyl (C=O) groups is 3. The van der Waals surface area contributed by atoms with Gasteiger partial charge in [-0.2, -0.15) is 0 Å². The minimum absolute atomic E-state index is 0.119. The Hall–Kier alpha value is -3.15. The van der Waals surface area contributed by atoms with Crippen LogP contribution in [-0.2, 0) is 28.6 Å². The van der Waals surface area contributed by atoms with E-state index in [9.17, 15) is 14.4 Å². The quantitative estimate of drug-likeness (QED) is 0.0270. The third-order valence-corrected chi connectivity index (χ3v) is 8.93. The zero-order valence-electron chi connectivity index (χ0n) is 35.0. The molecule has 0 radical (unpaired) electrons. The summed E-state index contributed by atoms with van der Waals surface area (Å²) in [5.41, 5.74) is 0. The molecule has 0 bridgehead atoms. The van der Waals surface area contributed by atoms with Gasteiger partial charge in [0.25, 0.3) is 0 Å². The van der Waals surface area contributed by atoms with Crippen LogP contribution in [0.4, 0.5) is 0 Å². The summed E-state index contributed by atoms with van der Waals surface area (Å²) in [7, 11) is 0. The molecule has 0 aliphatic carbocycles. The fourth-order valence-electron chi connectivity index (χ4n) is 5.63. The fourth-order valence-corrected chi connectivity index (χ4v) is 5.63. The van der Waals surface area contributed by atoms with Gasteiger partial charge in [0.15, 0.2) is 6.10 Å². The van der Waals surface area contributed by atoms with E-state index in [1.165, 1.54) is 64.2 Å². The molecule has 6 heteroatoms. The zero-order valence-corrected chi connectivity index (χ0v) is 35.0. The van der Waals surface area contributed by atoms with Crippen LogP contribution in [0, 0.1) is 0 Å². The number of hydrogen-bond acceptors (Lipinski definition) is 6. The summed E-state index contributed by atoms with van der Waals surface area (Å²) in [5, 5.41) is 0. The van der Waals surface area contributed by atoms with Crippen LogP contribution in [0.2, 0.25) is 0 Å². The van der Waals surface area contributed by atoms with E-state index in [1.54, 1.807) is 0 Å². The van der Waals surface area contributed by atoms with Gasteiger partial charge in [-0.25, -0.2) is 0 Å². The highest BCUT2D eigenvalue weighted by Gasteiger charge is 2.19. The second kappa shape index (κ2) is 42.6. The van der Waals surface area contributed by atoms with Crippen molar-refractivity contribution in [3.05, 3.63) is 72.9 Å². The molecule has 0 fully saturated rings. The first-order valence-electron chi connectivity index (χ1n) is 21.9. The lowest BCUT2D eigenvalue weighted by atomic mass is 10.1. The normalized spacial score (nSPS) is 12.7. The molecule has 1 atom stereocenters. The topological polar surface area (TPSA) is 78.9 Å². The number of hydrogen-bond donors (Lipinski definition) is 0. The van der Waals surface area contributed by atoms with Gasteiger partial charge in [0.1, 0.15) is 13.2 Å². The van der Waals surface area contributed by atoms with Crippen LogP contribution in [0.1, 0.15) is 194 Å². The number of rotatable bonds is 38. The summed E-state index contributed by atoms with van der Waals surface area (Å²) >= 11 is 0. The predicted octanol–water partition coefficient (Wildman–Crippen LogP) is 13.9. The van der Waals surface area contributed by atoms with Crippen LogP contribution < -0.4 is 0 Å². The molecule has 0 aliphatic heterocycles. The van der Waals surface area contributed by atoms with Crippen molar-refractivity contribution in [3.63, 3.8) is 0 Å². The Kier molecular flexibility index (Phi) is 40.1. The van der Waals surface area contributed by atoms with E-state index < -0.39 is 12.1 Å². The minimum atomic E-state index is -0.822. The number of ether oxygens (including phenoxy) is 3. The maximum atomic E-state index is 12.6. The standard InChI is InChI=1S/C48H80O6/c1-4-7-10-13-16-19-21-23-25-26-29-32-35-38-41-47(50)53-44-45(43-52-46(49)40-37-34-31-28-18-15-12-9-6-3)54-48(51)42-39-36-33-30-27-24-22-20-17-14-11-8-5-2/h7,10,16,19,23-25,27-28,31,33,36,45H,4-6,8-9,11-15,17-18,20-22,26,29-30,32,34-35,37-44H2,1-3H3/b10-7-,19-16-,25-23-,27-24-,31-28-,36-33-. The van der Waals surface area contributed by atoms with Crippen LogP contribution in [0.3, 0.4) is 0 Å². The first kappa shape index (κ1) is 50.9. The molecular formula is C48H80O6. The summed E-state index contributed by atoms with van der Waals surface area (Å²) < 4.78 is 16.5. The highest BCUT2D eigenvalue weighted by Crippen LogP contribution is 2.11. The van der Waals surface area contributed by atoms with Crippen LogP contribution in [0.15, 0.2) is 72.9 Å². The van der Waals surface area contributed by atoms with Crippen molar-refractivity contribution in [1.29, 1.82) is 0 Å². The van der Waals surface area contributed by atoms with Gasteiger partial charge >= 0.3 is 17.9 Å². The Labute approximate surface area is 332 Å². The van der Waals surface area contributed by atoms with Crippen molar-refractivity contribution in [2.45, 2.75) is 200 Å². The Morgan fingerprint density at radius 2 is 0.778 bits per heavy atom. The molecule has 0 aromatic heterocycles. The molecule has 0 saturated carbocycles.